The summed E-state index contributed by atoms with van der Waals surface area (Å²) in [4.78, 5) is 17.1. The summed E-state index contributed by atoms with van der Waals surface area (Å²) in [6, 6.07) is 13.0. The van der Waals surface area contributed by atoms with Gasteiger partial charge < -0.3 is 9.80 Å². The van der Waals surface area contributed by atoms with E-state index in [4.69, 9.17) is 23.2 Å². The maximum absolute atomic E-state index is 13.3. The number of halogens is 2. The Morgan fingerprint density at radius 1 is 1.03 bits per heavy atom. The van der Waals surface area contributed by atoms with E-state index in [0.717, 1.165) is 19.6 Å². The van der Waals surface area contributed by atoms with E-state index in [9.17, 15) is 13.2 Å². The van der Waals surface area contributed by atoms with Crippen molar-refractivity contribution < 1.29 is 13.2 Å². The van der Waals surface area contributed by atoms with E-state index in [1.165, 1.54) is 16.4 Å². The SMILES string of the molecule is CCN1CCN(C(=O)CN(Cc2ccc(Cl)cc2Cl)S(=O)(=O)c2ccccc2)CC1. The third-order valence-electron chi connectivity index (χ3n) is 5.23. The summed E-state index contributed by atoms with van der Waals surface area (Å²) >= 11 is 12.2. The number of piperazine rings is 1. The lowest BCUT2D eigenvalue weighted by atomic mass is 10.2. The van der Waals surface area contributed by atoms with Crippen molar-refractivity contribution in [1.82, 2.24) is 14.1 Å². The predicted molar refractivity (Wildman–Crippen MR) is 119 cm³/mol. The van der Waals surface area contributed by atoms with Gasteiger partial charge in [-0.2, -0.15) is 4.31 Å². The summed E-state index contributed by atoms with van der Waals surface area (Å²) in [7, 11) is -3.89. The van der Waals surface area contributed by atoms with Gasteiger partial charge in [0.2, 0.25) is 15.9 Å². The van der Waals surface area contributed by atoms with E-state index >= 15 is 0 Å². The highest BCUT2D eigenvalue weighted by Gasteiger charge is 2.30. The molecule has 0 atom stereocenters. The molecule has 1 aliphatic rings. The van der Waals surface area contributed by atoms with Crippen LogP contribution in [0.3, 0.4) is 0 Å². The highest BCUT2D eigenvalue weighted by molar-refractivity contribution is 7.89. The molecule has 1 heterocycles. The van der Waals surface area contributed by atoms with Gasteiger partial charge in [0.25, 0.3) is 0 Å². The van der Waals surface area contributed by atoms with Gasteiger partial charge in [-0.3, -0.25) is 4.79 Å². The Balaban J connectivity index is 1.85. The van der Waals surface area contributed by atoms with Gasteiger partial charge in [0.05, 0.1) is 11.4 Å². The number of rotatable bonds is 7. The molecule has 1 saturated heterocycles. The number of nitrogens with zero attached hydrogens (tertiary/aromatic N) is 3. The first kappa shape index (κ1) is 23.0. The molecule has 0 bridgehead atoms. The molecule has 162 valence electrons. The fraction of sp³-hybridized carbons (Fsp3) is 0.381. The van der Waals surface area contributed by atoms with E-state index in [0.29, 0.717) is 28.7 Å². The third-order valence-corrected chi connectivity index (χ3v) is 7.62. The number of benzene rings is 2. The zero-order valence-corrected chi connectivity index (χ0v) is 19.1. The van der Waals surface area contributed by atoms with Crippen molar-refractivity contribution in [2.45, 2.75) is 18.4 Å². The van der Waals surface area contributed by atoms with Crippen LogP contribution in [0.2, 0.25) is 10.0 Å². The molecule has 1 aliphatic heterocycles. The Labute approximate surface area is 188 Å². The van der Waals surface area contributed by atoms with E-state index in [1.807, 2.05) is 0 Å². The van der Waals surface area contributed by atoms with Crippen LogP contribution in [-0.4, -0.2) is 67.7 Å². The van der Waals surface area contributed by atoms with Crippen LogP contribution in [0, 0.1) is 0 Å². The Morgan fingerprint density at radius 3 is 2.30 bits per heavy atom. The third kappa shape index (κ3) is 5.53. The van der Waals surface area contributed by atoms with Gasteiger partial charge in [0.1, 0.15) is 0 Å². The minimum atomic E-state index is -3.89. The normalized spacial score (nSPS) is 15.5. The van der Waals surface area contributed by atoms with Crippen molar-refractivity contribution in [2.24, 2.45) is 0 Å². The first-order chi connectivity index (χ1) is 14.3. The Hall–Kier alpha value is -1.64. The smallest absolute Gasteiger partial charge is 0.243 e. The van der Waals surface area contributed by atoms with Crippen molar-refractivity contribution in [3.63, 3.8) is 0 Å². The molecule has 30 heavy (non-hydrogen) atoms. The average molecular weight is 470 g/mol. The van der Waals surface area contributed by atoms with Crippen molar-refractivity contribution in [3.05, 3.63) is 64.1 Å². The average Bonchev–Trinajstić information content (AvgIpc) is 2.75. The molecule has 0 N–H and O–H groups in total. The summed E-state index contributed by atoms with van der Waals surface area (Å²) in [6.45, 7) is 5.51. The maximum Gasteiger partial charge on any atom is 0.243 e. The first-order valence-electron chi connectivity index (χ1n) is 9.80. The molecule has 3 rings (SSSR count). The van der Waals surface area contributed by atoms with Crippen LogP contribution in [-0.2, 0) is 21.4 Å². The second-order valence-electron chi connectivity index (χ2n) is 7.14. The number of carbonyl (C=O) groups excluding carboxylic acids is 1. The monoisotopic (exact) mass is 469 g/mol. The molecule has 0 spiro atoms. The minimum absolute atomic E-state index is 0.0199. The molecule has 0 unspecified atom stereocenters. The van der Waals surface area contributed by atoms with Crippen molar-refractivity contribution >= 4 is 39.1 Å². The second kappa shape index (κ2) is 10.1. The zero-order chi connectivity index (χ0) is 21.7. The molecule has 0 radical (unpaired) electrons. The van der Waals surface area contributed by atoms with Crippen LogP contribution in [0.4, 0.5) is 0 Å². The number of carbonyl (C=O) groups is 1. The molecule has 2 aromatic carbocycles. The Kier molecular flexibility index (Phi) is 7.76. The topological polar surface area (TPSA) is 60.9 Å². The van der Waals surface area contributed by atoms with Crippen LogP contribution in [0.5, 0.6) is 0 Å². The number of hydrogen-bond donors (Lipinski definition) is 0. The van der Waals surface area contributed by atoms with Crippen LogP contribution < -0.4 is 0 Å². The van der Waals surface area contributed by atoms with Gasteiger partial charge in [0, 0.05) is 42.8 Å². The summed E-state index contributed by atoms with van der Waals surface area (Å²) < 4.78 is 27.8. The van der Waals surface area contributed by atoms with Gasteiger partial charge in [-0.15, -0.1) is 0 Å². The molecule has 6 nitrogen and oxygen atoms in total. The highest BCUT2D eigenvalue weighted by Crippen LogP contribution is 2.25. The fourth-order valence-electron chi connectivity index (χ4n) is 3.37. The maximum atomic E-state index is 13.3. The summed E-state index contributed by atoms with van der Waals surface area (Å²) in [5.74, 6) is -0.213. The summed E-state index contributed by atoms with van der Waals surface area (Å²) in [5, 5.41) is 0.825. The lowest BCUT2D eigenvalue weighted by Gasteiger charge is -2.35. The van der Waals surface area contributed by atoms with Gasteiger partial charge >= 0.3 is 0 Å². The van der Waals surface area contributed by atoms with Gasteiger partial charge in [-0.25, -0.2) is 8.42 Å². The molecule has 2 aromatic rings. The number of likely N-dealkylation sites (N-methyl/N-ethyl adjacent to an activating group) is 1. The summed E-state index contributed by atoms with van der Waals surface area (Å²) in [5.41, 5.74) is 0.587. The second-order valence-corrected chi connectivity index (χ2v) is 9.92. The van der Waals surface area contributed by atoms with Gasteiger partial charge in [0.15, 0.2) is 0 Å². The molecule has 9 heteroatoms. The van der Waals surface area contributed by atoms with Crippen LogP contribution >= 0.6 is 23.2 Å². The Bertz CT molecular complexity index is 978. The summed E-state index contributed by atoms with van der Waals surface area (Å²) in [6.07, 6.45) is 0. The molecular weight excluding hydrogens is 445 g/mol. The number of hydrogen-bond acceptors (Lipinski definition) is 4. The Morgan fingerprint density at radius 2 is 1.70 bits per heavy atom. The number of amides is 1. The molecule has 1 amide bonds. The van der Waals surface area contributed by atoms with E-state index in [2.05, 4.69) is 11.8 Å². The minimum Gasteiger partial charge on any atom is -0.339 e. The first-order valence-corrected chi connectivity index (χ1v) is 12.0. The quantitative estimate of drug-likeness (QED) is 0.623. The van der Waals surface area contributed by atoms with Crippen LogP contribution in [0.1, 0.15) is 12.5 Å². The lowest BCUT2D eigenvalue weighted by molar-refractivity contribution is -0.133. The van der Waals surface area contributed by atoms with Gasteiger partial charge in [-0.05, 0) is 36.4 Å². The van der Waals surface area contributed by atoms with Crippen molar-refractivity contribution in [3.8, 4) is 0 Å². The zero-order valence-electron chi connectivity index (χ0n) is 16.8. The largest absolute Gasteiger partial charge is 0.339 e. The fourth-order valence-corrected chi connectivity index (χ4v) is 5.23. The van der Waals surface area contributed by atoms with E-state index in [1.54, 1.807) is 41.3 Å². The van der Waals surface area contributed by atoms with Crippen LogP contribution in [0.15, 0.2) is 53.4 Å². The predicted octanol–water partition coefficient (Wildman–Crippen LogP) is 3.35. The van der Waals surface area contributed by atoms with E-state index in [-0.39, 0.29) is 23.9 Å². The number of sulfonamides is 1. The lowest BCUT2D eigenvalue weighted by Crippen LogP contribution is -2.51. The molecule has 0 aliphatic carbocycles. The van der Waals surface area contributed by atoms with Gasteiger partial charge in [-0.1, -0.05) is 54.4 Å². The standard InChI is InChI=1S/C21H25Cl2N3O3S/c1-2-24-10-12-25(13-11-24)21(27)16-26(15-17-8-9-18(22)14-20(17)23)30(28,29)19-6-4-3-5-7-19/h3-9,14H,2,10-13,15-16H2,1H3. The molecule has 0 aromatic heterocycles. The van der Waals surface area contributed by atoms with E-state index < -0.39 is 10.0 Å². The molecule has 0 saturated carbocycles. The molecule has 1 fully saturated rings. The van der Waals surface area contributed by atoms with Crippen molar-refractivity contribution in [1.29, 1.82) is 0 Å². The van der Waals surface area contributed by atoms with Crippen LogP contribution in [0.25, 0.3) is 0 Å². The van der Waals surface area contributed by atoms with Crippen molar-refractivity contribution in [2.75, 3.05) is 39.3 Å². The molecular formula is C21H25Cl2N3O3S. The highest BCUT2D eigenvalue weighted by atomic mass is 35.5.